The van der Waals surface area contributed by atoms with Gasteiger partial charge in [0.25, 0.3) is 11.1 Å². The number of halogens is 1. The van der Waals surface area contributed by atoms with Crippen molar-refractivity contribution < 1.29 is 28.5 Å². The van der Waals surface area contributed by atoms with Crippen molar-refractivity contribution in [1.82, 2.24) is 4.90 Å². The zero-order valence-corrected chi connectivity index (χ0v) is 17.8. The van der Waals surface area contributed by atoms with Crippen LogP contribution in [0.5, 0.6) is 23.0 Å². The van der Waals surface area contributed by atoms with Crippen molar-refractivity contribution in [2.75, 3.05) is 20.5 Å². The van der Waals surface area contributed by atoms with Crippen LogP contribution in [-0.2, 0) is 11.3 Å². The van der Waals surface area contributed by atoms with E-state index in [-0.39, 0.29) is 24.8 Å². The third kappa shape index (κ3) is 4.26. The van der Waals surface area contributed by atoms with Gasteiger partial charge < -0.3 is 18.9 Å². The van der Waals surface area contributed by atoms with Gasteiger partial charge in [-0.25, -0.2) is 0 Å². The van der Waals surface area contributed by atoms with Crippen molar-refractivity contribution in [2.24, 2.45) is 0 Å². The molecule has 0 aromatic heterocycles. The van der Waals surface area contributed by atoms with Crippen LogP contribution in [0.3, 0.4) is 0 Å². The van der Waals surface area contributed by atoms with Crippen LogP contribution in [-0.4, -0.2) is 36.6 Å². The van der Waals surface area contributed by atoms with Gasteiger partial charge in [-0.05, 0) is 47.2 Å². The highest BCUT2D eigenvalue weighted by Crippen LogP contribution is 2.39. The van der Waals surface area contributed by atoms with Gasteiger partial charge in [0.1, 0.15) is 6.07 Å². The van der Waals surface area contributed by atoms with Crippen LogP contribution in [0.1, 0.15) is 11.1 Å². The van der Waals surface area contributed by atoms with Crippen molar-refractivity contribution in [3.63, 3.8) is 0 Å². The lowest BCUT2D eigenvalue weighted by atomic mass is 10.1. The van der Waals surface area contributed by atoms with E-state index in [4.69, 9.17) is 35.8 Å². The predicted octanol–water partition coefficient (Wildman–Crippen LogP) is 4.22. The Labute approximate surface area is 186 Å². The number of carbonyl (C=O) groups is 2. The van der Waals surface area contributed by atoms with E-state index >= 15 is 0 Å². The number of amides is 2. The van der Waals surface area contributed by atoms with Gasteiger partial charge in [0.05, 0.1) is 18.6 Å². The molecule has 0 unspecified atom stereocenters. The van der Waals surface area contributed by atoms with Gasteiger partial charge in [-0.15, -0.1) is 0 Å². The highest BCUT2D eigenvalue weighted by Gasteiger charge is 2.35. The molecule has 2 heterocycles. The van der Waals surface area contributed by atoms with Crippen LogP contribution in [0.4, 0.5) is 4.79 Å². The van der Waals surface area contributed by atoms with E-state index in [1.165, 1.54) is 7.11 Å². The standard InChI is InChI=1S/C21H15ClN2O6S/c1-27-16-6-12(2-3-15(16)28-5-4-23)7-19-20(25)24(21(26)31-19)10-13-8-17-18(9-14(13)22)30-11-29-17/h2-3,6-9H,5,10-11H2,1H3/b19-7-. The molecule has 31 heavy (non-hydrogen) atoms. The van der Waals surface area contributed by atoms with Gasteiger partial charge in [0, 0.05) is 11.1 Å². The first kappa shape index (κ1) is 20.9. The van der Waals surface area contributed by atoms with Crippen LogP contribution in [0, 0.1) is 11.3 Å². The number of imide groups is 1. The number of nitrogens with zero attached hydrogens (tertiary/aromatic N) is 2. The molecular weight excluding hydrogens is 444 g/mol. The van der Waals surface area contributed by atoms with Crippen LogP contribution in [0.15, 0.2) is 35.2 Å². The van der Waals surface area contributed by atoms with Gasteiger partial charge in [0.2, 0.25) is 6.79 Å². The zero-order chi connectivity index (χ0) is 22.0. The molecule has 8 nitrogen and oxygen atoms in total. The number of fused-ring (bicyclic) bond motifs is 1. The molecule has 4 rings (SSSR count). The van der Waals surface area contributed by atoms with Gasteiger partial charge in [-0.2, -0.15) is 5.26 Å². The quantitative estimate of drug-likeness (QED) is 0.593. The predicted molar refractivity (Wildman–Crippen MR) is 113 cm³/mol. The zero-order valence-electron chi connectivity index (χ0n) is 16.2. The fourth-order valence-corrected chi connectivity index (χ4v) is 4.09. The maximum Gasteiger partial charge on any atom is 0.293 e. The van der Waals surface area contributed by atoms with Crippen molar-refractivity contribution in [3.05, 3.63) is 51.4 Å². The minimum Gasteiger partial charge on any atom is -0.493 e. The topological polar surface area (TPSA) is 98.1 Å². The molecular formula is C21H15ClN2O6S. The van der Waals surface area contributed by atoms with Crippen molar-refractivity contribution in [1.29, 1.82) is 5.26 Å². The minimum atomic E-state index is -0.424. The lowest BCUT2D eigenvalue weighted by molar-refractivity contribution is -0.123. The summed E-state index contributed by atoms with van der Waals surface area (Å²) < 4.78 is 21.2. The highest BCUT2D eigenvalue weighted by molar-refractivity contribution is 8.18. The summed E-state index contributed by atoms with van der Waals surface area (Å²) in [6, 6.07) is 10.2. The molecule has 1 saturated heterocycles. The van der Waals surface area contributed by atoms with E-state index in [0.29, 0.717) is 39.1 Å². The second-order valence-electron chi connectivity index (χ2n) is 6.42. The highest BCUT2D eigenvalue weighted by atomic mass is 35.5. The van der Waals surface area contributed by atoms with Crippen molar-refractivity contribution in [3.8, 4) is 29.1 Å². The van der Waals surface area contributed by atoms with Crippen LogP contribution < -0.4 is 18.9 Å². The molecule has 0 spiro atoms. The summed E-state index contributed by atoms with van der Waals surface area (Å²) in [6.45, 7) is 0.00197. The molecule has 0 radical (unpaired) electrons. The van der Waals surface area contributed by atoms with E-state index < -0.39 is 11.1 Å². The third-order valence-corrected chi connectivity index (χ3v) is 5.78. The summed E-state index contributed by atoms with van der Waals surface area (Å²) in [5.41, 5.74) is 1.22. The summed E-state index contributed by atoms with van der Waals surface area (Å²) in [4.78, 5) is 26.7. The third-order valence-electron chi connectivity index (χ3n) is 4.52. The lowest BCUT2D eigenvalue weighted by Gasteiger charge is -2.14. The Morgan fingerprint density at radius 1 is 1.23 bits per heavy atom. The number of thioether (sulfide) groups is 1. The van der Waals surface area contributed by atoms with Crippen LogP contribution in [0.25, 0.3) is 6.08 Å². The average Bonchev–Trinajstić information content (AvgIpc) is 3.31. The van der Waals surface area contributed by atoms with E-state index in [1.54, 1.807) is 36.4 Å². The second kappa shape index (κ2) is 8.79. The number of carbonyl (C=O) groups excluding carboxylic acids is 2. The Kier molecular flexibility index (Phi) is 5.93. The molecule has 0 bridgehead atoms. The molecule has 0 N–H and O–H groups in total. The first-order valence-electron chi connectivity index (χ1n) is 9.01. The number of hydrogen-bond acceptors (Lipinski definition) is 8. The first-order chi connectivity index (χ1) is 15.0. The number of ether oxygens (including phenoxy) is 4. The number of benzene rings is 2. The molecule has 158 valence electrons. The summed E-state index contributed by atoms with van der Waals surface area (Å²) in [6.07, 6.45) is 1.60. The van der Waals surface area contributed by atoms with Gasteiger partial charge >= 0.3 is 0 Å². The summed E-state index contributed by atoms with van der Waals surface area (Å²) >= 11 is 7.12. The van der Waals surface area contributed by atoms with E-state index in [0.717, 1.165) is 16.7 Å². The number of hydrogen-bond donors (Lipinski definition) is 0. The fraction of sp³-hybridized carbons (Fsp3) is 0.190. The van der Waals surface area contributed by atoms with Gasteiger partial charge in [0.15, 0.2) is 29.6 Å². The summed E-state index contributed by atoms with van der Waals surface area (Å²) in [7, 11) is 1.47. The molecule has 2 aromatic carbocycles. The van der Waals surface area contributed by atoms with Crippen molar-refractivity contribution >= 4 is 40.6 Å². The Bertz CT molecular complexity index is 1140. The maximum absolute atomic E-state index is 12.9. The monoisotopic (exact) mass is 458 g/mol. The largest absolute Gasteiger partial charge is 0.493 e. The molecule has 2 aliphatic heterocycles. The number of methoxy groups -OCH3 is 1. The Morgan fingerprint density at radius 2 is 2.00 bits per heavy atom. The normalized spacial score (nSPS) is 16.0. The van der Waals surface area contributed by atoms with Crippen LogP contribution >= 0.6 is 23.4 Å². The molecule has 0 atom stereocenters. The molecule has 0 aliphatic carbocycles. The summed E-state index contributed by atoms with van der Waals surface area (Å²) in [5, 5.41) is 8.64. The van der Waals surface area contributed by atoms with E-state index in [1.807, 2.05) is 6.07 Å². The Morgan fingerprint density at radius 3 is 2.74 bits per heavy atom. The molecule has 1 fully saturated rings. The number of nitriles is 1. The minimum absolute atomic E-state index is 0.0156. The van der Waals surface area contributed by atoms with E-state index in [2.05, 4.69) is 0 Å². The van der Waals surface area contributed by atoms with E-state index in [9.17, 15) is 9.59 Å². The fourth-order valence-electron chi connectivity index (χ4n) is 3.04. The van der Waals surface area contributed by atoms with Crippen LogP contribution in [0.2, 0.25) is 5.02 Å². The molecule has 2 amide bonds. The van der Waals surface area contributed by atoms with Gasteiger partial charge in [-0.1, -0.05) is 17.7 Å². The molecule has 0 saturated carbocycles. The smallest absolute Gasteiger partial charge is 0.293 e. The Balaban J connectivity index is 1.55. The molecule has 2 aliphatic rings. The maximum atomic E-state index is 12.9. The SMILES string of the molecule is COc1cc(/C=C2\SC(=O)N(Cc3cc4c(cc3Cl)OCO4)C2=O)ccc1OCC#N. The lowest BCUT2D eigenvalue weighted by Crippen LogP contribution is -2.27. The summed E-state index contributed by atoms with van der Waals surface area (Å²) in [5.74, 6) is 1.45. The first-order valence-corrected chi connectivity index (χ1v) is 10.2. The average molecular weight is 459 g/mol. The number of rotatable bonds is 6. The molecule has 2 aromatic rings. The molecule has 10 heteroatoms. The van der Waals surface area contributed by atoms with Gasteiger partial charge in [-0.3, -0.25) is 14.5 Å². The van der Waals surface area contributed by atoms with Crippen molar-refractivity contribution in [2.45, 2.75) is 6.54 Å². The Hall–Kier alpha value is -3.35. The second-order valence-corrected chi connectivity index (χ2v) is 7.82.